The highest BCUT2D eigenvalue weighted by Crippen LogP contribution is 2.39. The van der Waals surface area contributed by atoms with E-state index in [9.17, 15) is 14.7 Å². The Morgan fingerprint density at radius 1 is 1.08 bits per heavy atom. The Hall–Kier alpha value is -3.39. The number of hydrogen-bond acceptors (Lipinski definition) is 5. The maximum absolute atomic E-state index is 14.0. The molecule has 1 unspecified atom stereocenters. The van der Waals surface area contributed by atoms with E-state index in [1.165, 1.54) is 6.07 Å². The number of aliphatic hydroxyl groups excluding tert-OH is 1. The van der Waals surface area contributed by atoms with Crippen LogP contribution in [0.1, 0.15) is 41.3 Å². The molecule has 2 amide bonds. The first-order valence-corrected chi connectivity index (χ1v) is 13.6. The van der Waals surface area contributed by atoms with Crippen molar-refractivity contribution in [2.24, 2.45) is 0 Å². The number of benzene rings is 3. The zero-order chi connectivity index (χ0) is 28.2. The number of anilines is 1. The molecule has 0 aromatic heterocycles. The molecule has 4 rings (SSSR count). The second kappa shape index (κ2) is 12.2. The monoisotopic (exact) mass is 548 g/mol. The number of nitrogen functional groups attached to an aromatic ring is 1. The second-order valence-corrected chi connectivity index (χ2v) is 11.0. The number of hydrogen-bond donors (Lipinski definition) is 3. The molecule has 7 nitrogen and oxygen atoms in total. The van der Waals surface area contributed by atoms with Crippen molar-refractivity contribution in [1.82, 2.24) is 15.1 Å². The van der Waals surface area contributed by atoms with Gasteiger partial charge < -0.3 is 21.1 Å². The predicted octanol–water partition coefficient (Wildman–Crippen LogP) is 3.94. The second-order valence-electron chi connectivity index (χ2n) is 10.6. The van der Waals surface area contributed by atoms with Gasteiger partial charge in [0.2, 0.25) is 5.91 Å². The minimum absolute atomic E-state index is 0.00926. The largest absolute Gasteiger partial charge is 0.398 e. The topological polar surface area (TPSA) is 98.9 Å². The molecule has 1 aliphatic rings. The van der Waals surface area contributed by atoms with Gasteiger partial charge in [-0.15, -0.1) is 0 Å². The van der Waals surface area contributed by atoms with Crippen LogP contribution in [0.5, 0.6) is 0 Å². The van der Waals surface area contributed by atoms with Crippen LogP contribution in [-0.2, 0) is 10.2 Å². The summed E-state index contributed by atoms with van der Waals surface area (Å²) in [7, 11) is 3.58. The number of nitrogens with two attached hydrogens (primary N) is 1. The summed E-state index contributed by atoms with van der Waals surface area (Å²) < 4.78 is 0. The van der Waals surface area contributed by atoms with E-state index in [1.807, 2.05) is 60.7 Å². The summed E-state index contributed by atoms with van der Waals surface area (Å²) in [6.45, 7) is 3.14. The van der Waals surface area contributed by atoms with Crippen LogP contribution in [0.25, 0.3) is 0 Å². The summed E-state index contributed by atoms with van der Waals surface area (Å²) in [5, 5.41) is 14.4. The Morgan fingerprint density at radius 2 is 1.67 bits per heavy atom. The van der Waals surface area contributed by atoms with Crippen LogP contribution in [0.4, 0.5) is 5.69 Å². The number of piperidine rings is 1. The molecule has 1 saturated heterocycles. The normalized spacial score (nSPS) is 18.8. The van der Waals surface area contributed by atoms with E-state index in [4.69, 9.17) is 17.3 Å². The summed E-state index contributed by atoms with van der Waals surface area (Å²) >= 11 is 5.96. The minimum atomic E-state index is -0.895. The van der Waals surface area contributed by atoms with E-state index in [1.54, 1.807) is 31.1 Å². The van der Waals surface area contributed by atoms with Crippen LogP contribution < -0.4 is 11.1 Å². The molecule has 0 saturated carbocycles. The number of nitrogens with zero attached hydrogens (tertiary/aromatic N) is 2. The van der Waals surface area contributed by atoms with Gasteiger partial charge in [0.1, 0.15) is 5.41 Å². The molecule has 1 aliphatic heterocycles. The van der Waals surface area contributed by atoms with Crippen LogP contribution in [-0.4, -0.2) is 72.1 Å². The number of carbonyl (C=O) groups is 2. The zero-order valence-electron chi connectivity index (χ0n) is 22.7. The highest BCUT2D eigenvalue weighted by molar-refractivity contribution is 6.31. The predicted molar refractivity (Wildman–Crippen MR) is 156 cm³/mol. The summed E-state index contributed by atoms with van der Waals surface area (Å²) in [6, 6.07) is 24.1. The van der Waals surface area contributed by atoms with Crippen LogP contribution >= 0.6 is 11.6 Å². The third-order valence-corrected chi connectivity index (χ3v) is 7.95. The van der Waals surface area contributed by atoms with E-state index in [2.05, 4.69) is 17.1 Å². The van der Waals surface area contributed by atoms with Crippen molar-refractivity contribution in [2.75, 3.05) is 32.9 Å². The van der Waals surface area contributed by atoms with E-state index in [0.717, 1.165) is 11.1 Å². The van der Waals surface area contributed by atoms with Crippen molar-refractivity contribution in [1.29, 1.82) is 0 Å². The Bertz CT molecular complexity index is 1250. The number of likely N-dealkylation sites (tertiary alicyclic amines) is 1. The molecule has 0 bridgehead atoms. The van der Waals surface area contributed by atoms with Gasteiger partial charge in [0.25, 0.3) is 5.91 Å². The molecule has 1 heterocycles. The van der Waals surface area contributed by atoms with Crippen LogP contribution in [0.15, 0.2) is 78.9 Å². The van der Waals surface area contributed by atoms with Crippen molar-refractivity contribution in [2.45, 2.75) is 43.4 Å². The number of β-amino-alcohol motifs (C(OH)–C–C–N with tert-alkyl or cyclic N) is 1. The number of amides is 2. The van der Waals surface area contributed by atoms with Crippen molar-refractivity contribution in [3.63, 3.8) is 0 Å². The summed E-state index contributed by atoms with van der Waals surface area (Å²) in [5.74, 6) is -0.325. The van der Waals surface area contributed by atoms with E-state index in [-0.39, 0.29) is 17.9 Å². The molecule has 0 radical (unpaired) electrons. The fraction of sp³-hybridized carbons (Fsp3) is 0.355. The van der Waals surface area contributed by atoms with Gasteiger partial charge in [0.05, 0.1) is 17.7 Å². The molecule has 3 aromatic rings. The Kier molecular flexibility index (Phi) is 8.95. The Labute approximate surface area is 235 Å². The molecular weight excluding hydrogens is 512 g/mol. The molecular formula is C31H37ClN4O3. The molecule has 206 valence electrons. The smallest absolute Gasteiger partial charge is 0.253 e. The first-order valence-electron chi connectivity index (χ1n) is 13.2. The van der Waals surface area contributed by atoms with Crippen molar-refractivity contribution in [3.05, 3.63) is 101 Å². The van der Waals surface area contributed by atoms with Crippen LogP contribution in [0, 0.1) is 0 Å². The van der Waals surface area contributed by atoms with Gasteiger partial charge >= 0.3 is 0 Å². The number of aliphatic hydroxyl groups is 1. The lowest BCUT2D eigenvalue weighted by atomic mass is 9.69. The number of nitrogens with one attached hydrogen (secondary N) is 1. The average molecular weight is 549 g/mol. The lowest BCUT2D eigenvalue weighted by Crippen LogP contribution is -2.57. The first-order chi connectivity index (χ1) is 18.6. The number of carbonyl (C=O) groups excluding carboxylic acids is 2. The van der Waals surface area contributed by atoms with E-state index in [0.29, 0.717) is 42.2 Å². The third kappa shape index (κ3) is 6.11. The number of likely N-dealkylation sites (N-methyl/N-ethyl adjacent to an activating group) is 1. The molecule has 39 heavy (non-hydrogen) atoms. The standard InChI is InChI=1S/C31H37ClN4O3/c1-21(36-17-16-27(28(37)20-36)34-29(38)25-15-14-24(32)18-26(25)33)19-31(30(39)35(2)3,22-10-6-4-7-11-22)23-12-8-5-9-13-23/h4-15,18,21,27-28,37H,16-17,19-20,33H2,1-3H3,(H,34,38)/t21?,27-,28-/m1/s1. The molecule has 4 N–H and O–H groups in total. The summed E-state index contributed by atoms with van der Waals surface area (Å²) in [5.41, 5.74) is 7.58. The van der Waals surface area contributed by atoms with E-state index >= 15 is 0 Å². The summed E-state index contributed by atoms with van der Waals surface area (Å²) in [6.07, 6.45) is 0.324. The first kappa shape index (κ1) is 28.6. The fourth-order valence-electron chi connectivity index (χ4n) is 5.65. The summed E-state index contributed by atoms with van der Waals surface area (Å²) in [4.78, 5) is 30.7. The lowest BCUT2D eigenvalue weighted by molar-refractivity contribution is -0.134. The molecule has 8 heteroatoms. The number of rotatable bonds is 8. The van der Waals surface area contributed by atoms with E-state index < -0.39 is 17.6 Å². The van der Waals surface area contributed by atoms with Gasteiger partial charge in [-0.1, -0.05) is 72.3 Å². The quantitative estimate of drug-likeness (QED) is 0.370. The van der Waals surface area contributed by atoms with Crippen molar-refractivity contribution in [3.8, 4) is 0 Å². The molecule has 3 atom stereocenters. The minimum Gasteiger partial charge on any atom is -0.398 e. The van der Waals surface area contributed by atoms with Gasteiger partial charge in [0.15, 0.2) is 0 Å². The van der Waals surface area contributed by atoms with Gasteiger partial charge in [-0.2, -0.15) is 0 Å². The van der Waals surface area contributed by atoms with Gasteiger partial charge in [-0.25, -0.2) is 0 Å². The Balaban J connectivity index is 1.54. The fourth-order valence-corrected chi connectivity index (χ4v) is 5.83. The lowest BCUT2D eigenvalue weighted by Gasteiger charge is -2.44. The average Bonchev–Trinajstić information content (AvgIpc) is 2.93. The maximum atomic E-state index is 14.0. The molecule has 3 aromatic carbocycles. The van der Waals surface area contributed by atoms with Gasteiger partial charge in [-0.3, -0.25) is 14.5 Å². The van der Waals surface area contributed by atoms with Gasteiger partial charge in [0, 0.05) is 43.9 Å². The van der Waals surface area contributed by atoms with Crippen molar-refractivity contribution < 1.29 is 14.7 Å². The highest BCUT2D eigenvalue weighted by atomic mass is 35.5. The van der Waals surface area contributed by atoms with Crippen LogP contribution in [0.3, 0.4) is 0 Å². The van der Waals surface area contributed by atoms with Gasteiger partial charge in [-0.05, 0) is 49.1 Å². The Morgan fingerprint density at radius 3 is 2.18 bits per heavy atom. The SMILES string of the molecule is CC(CC(C(=O)N(C)C)(c1ccccc1)c1ccccc1)N1CC[C@@H](NC(=O)c2ccc(Cl)cc2N)[C@H](O)C1. The third-order valence-electron chi connectivity index (χ3n) is 7.72. The maximum Gasteiger partial charge on any atom is 0.253 e. The molecule has 0 spiro atoms. The zero-order valence-corrected chi connectivity index (χ0v) is 23.4. The molecule has 1 fully saturated rings. The van der Waals surface area contributed by atoms with Crippen molar-refractivity contribution >= 4 is 29.1 Å². The molecule has 0 aliphatic carbocycles. The van der Waals surface area contributed by atoms with Crippen LogP contribution in [0.2, 0.25) is 5.02 Å². The highest BCUT2D eigenvalue weighted by Gasteiger charge is 2.45. The number of halogens is 1.